The van der Waals surface area contributed by atoms with Crippen LogP contribution in [0.2, 0.25) is 0 Å². The Labute approximate surface area is 109 Å². The molecule has 0 amide bonds. The minimum absolute atomic E-state index is 0.764. The maximum Gasteiger partial charge on any atom is 0.0853 e. The molecule has 2 aromatic rings. The first-order valence-electron chi connectivity index (χ1n) is 6.64. The maximum atomic E-state index is 4.65. The maximum absolute atomic E-state index is 4.65. The average Bonchev–Trinajstić information content (AvgIpc) is 2.80. The predicted molar refractivity (Wildman–Crippen MR) is 72.7 cm³/mol. The molecule has 0 saturated carbocycles. The highest BCUT2D eigenvalue weighted by Crippen LogP contribution is 2.09. The molecule has 0 fully saturated rings. The minimum atomic E-state index is 0.764. The van der Waals surface area contributed by atoms with Gasteiger partial charge in [-0.3, -0.25) is 9.36 Å². The summed E-state index contributed by atoms with van der Waals surface area (Å²) in [6.07, 6.45) is 2.38. The van der Waals surface area contributed by atoms with Crippen LogP contribution in [0.5, 0.6) is 0 Å². The van der Waals surface area contributed by atoms with Crippen molar-refractivity contribution in [3.05, 3.63) is 34.9 Å². The Kier molecular flexibility index (Phi) is 3.84. The molecule has 2 rings (SSSR count). The van der Waals surface area contributed by atoms with Gasteiger partial charge in [0.1, 0.15) is 0 Å². The summed E-state index contributed by atoms with van der Waals surface area (Å²) < 4.78 is 4.12. The number of hydrogen-bond donors (Lipinski definition) is 0. The summed E-state index contributed by atoms with van der Waals surface area (Å²) in [6, 6.07) is 4.26. The molecule has 2 heterocycles. The Morgan fingerprint density at radius 3 is 2.33 bits per heavy atom. The van der Waals surface area contributed by atoms with Crippen molar-refractivity contribution in [3.8, 4) is 0 Å². The first kappa shape index (κ1) is 12.9. The molecular formula is C14H22N4. The third-order valence-electron chi connectivity index (χ3n) is 3.17. The first-order valence-corrected chi connectivity index (χ1v) is 6.64. The Hall–Kier alpha value is -1.58. The Bertz CT molecular complexity index is 522. The van der Waals surface area contributed by atoms with Gasteiger partial charge in [-0.1, -0.05) is 13.3 Å². The molecule has 0 radical (unpaired) electrons. The van der Waals surface area contributed by atoms with Crippen LogP contribution < -0.4 is 0 Å². The summed E-state index contributed by atoms with van der Waals surface area (Å²) in [5, 5.41) is 9.12. The van der Waals surface area contributed by atoms with Crippen LogP contribution in [0, 0.1) is 20.8 Å². The lowest BCUT2D eigenvalue weighted by Gasteiger charge is -2.02. The van der Waals surface area contributed by atoms with Crippen LogP contribution in [0.25, 0.3) is 0 Å². The van der Waals surface area contributed by atoms with E-state index in [-0.39, 0.29) is 0 Å². The van der Waals surface area contributed by atoms with Gasteiger partial charge in [0.25, 0.3) is 0 Å². The SMILES string of the molecule is CCCCn1nc(Cn2nc(C)cc2C)cc1C. The molecule has 0 aliphatic rings. The second kappa shape index (κ2) is 5.38. The molecule has 18 heavy (non-hydrogen) atoms. The van der Waals surface area contributed by atoms with Gasteiger partial charge in [0.05, 0.1) is 17.9 Å². The molecule has 0 bridgehead atoms. The second-order valence-electron chi connectivity index (χ2n) is 4.94. The molecule has 0 N–H and O–H groups in total. The number of nitrogens with zero attached hydrogens (tertiary/aromatic N) is 4. The van der Waals surface area contributed by atoms with E-state index in [4.69, 9.17) is 0 Å². The Balaban J connectivity index is 2.12. The van der Waals surface area contributed by atoms with Crippen molar-refractivity contribution in [2.75, 3.05) is 0 Å². The zero-order valence-corrected chi connectivity index (χ0v) is 11.8. The first-order chi connectivity index (χ1) is 8.60. The van der Waals surface area contributed by atoms with Crippen molar-refractivity contribution < 1.29 is 0 Å². The minimum Gasteiger partial charge on any atom is -0.270 e. The van der Waals surface area contributed by atoms with Crippen molar-refractivity contribution in [2.45, 2.75) is 53.6 Å². The molecule has 2 aromatic heterocycles. The monoisotopic (exact) mass is 246 g/mol. The number of hydrogen-bond acceptors (Lipinski definition) is 2. The molecule has 0 atom stereocenters. The van der Waals surface area contributed by atoms with Crippen molar-refractivity contribution in [1.82, 2.24) is 19.6 Å². The fraction of sp³-hybridized carbons (Fsp3) is 0.571. The predicted octanol–water partition coefficient (Wildman–Crippen LogP) is 2.85. The molecule has 0 saturated heterocycles. The summed E-state index contributed by atoms with van der Waals surface area (Å²) in [5.74, 6) is 0. The van der Waals surface area contributed by atoms with Crippen LogP contribution in [-0.4, -0.2) is 19.6 Å². The van der Waals surface area contributed by atoms with E-state index in [0.29, 0.717) is 0 Å². The number of unbranched alkanes of at least 4 members (excludes halogenated alkanes) is 1. The van der Waals surface area contributed by atoms with Crippen LogP contribution >= 0.6 is 0 Å². The van der Waals surface area contributed by atoms with E-state index in [0.717, 1.165) is 24.5 Å². The fourth-order valence-electron chi connectivity index (χ4n) is 2.18. The van der Waals surface area contributed by atoms with Gasteiger partial charge in [-0.05, 0) is 39.3 Å². The molecule has 0 aliphatic heterocycles. The standard InChI is InChI=1S/C14H22N4/c1-5-6-7-17-13(4)9-14(16-17)10-18-12(3)8-11(2)15-18/h8-9H,5-7,10H2,1-4H3. The van der Waals surface area contributed by atoms with Gasteiger partial charge in [0.2, 0.25) is 0 Å². The highest BCUT2D eigenvalue weighted by Gasteiger charge is 2.07. The second-order valence-corrected chi connectivity index (χ2v) is 4.94. The third kappa shape index (κ3) is 2.81. The molecule has 98 valence electrons. The molecule has 0 unspecified atom stereocenters. The van der Waals surface area contributed by atoms with Gasteiger partial charge in [-0.15, -0.1) is 0 Å². The van der Waals surface area contributed by atoms with Crippen molar-refractivity contribution in [1.29, 1.82) is 0 Å². The lowest BCUT2D eigenvalue weighted by atomic mass is 10.3. The summed E-state index contributed by atoms with van der Waals surface area (Å²) in [6.45, 7) is 10.2. The van der Waals surface area contributed by atoms with E-state index in [2.05, 4.69) is 47.8 Å². The van der Waals surface area contributed by atoms with Crippen molar-refractivity contribution in [2.24, 2.45) is 0 Å². The summed E-state index contributed by atoms with van der Waals surface area (Å²) in [4.78, 5) is 0. The lowest BCUT2D eigenvalue weighted by Crippen LogP contribution is -2.06. The molecule has 0 spiro atoms. The zero-order valence-electron chi connectivity index (χ0n) is 11.8. The van der Waals surface area contributed by atoms with E-state index in [1.807, 2.05) is 11.6 Å². The van der Waals surface area contributed by atoms with Crippen molar-refractivity contribution in [3.63, 3.8) is 0 Å². The molecule has 0 aromatic carbocycles. The van der Waals surface area contributed by atoms with Crippen LogP contribution in [0.15, 0.2) is 12.1 Å². The molecule has 4 nitrogen and oxygen atoms in total. The quantitative estimate of drug-likeness (QED) is 0.813. The largest absolute Gasteiger partial charge is 0.270 e. The van der Waals surface area contributed by atoms with Gasteiger partial charge in [0, 0.05) is 17.9 Å². The van der Waals surface area contributed by atoms with Gasteiger partial charge in [-0.2, -0.15) is 10.2 Å². The van der Waals surface area contributed by atoms with E-state index < -0.39 is 0 Å². The highest BCUT2D eigenvalue weighted by molar-refractivity contribution is 5.12. The highest BCUT2D eigenvalue weighted by atomic mass is 15.3. The van der Waals surface area contributed by atoms with Gasteiger partial charge in [-0.25, -0.2) is 0 Å². The molecule has 4 heteroatoms. The third-order valence-corrected chi connectivity index (χ3v) is 3.17. The fourth-order valence-corrected chi connectivity index (χ4v) is 2.18. The topological polar surface area (TPSA) is 35.6 Å². The van der Waals surface area contributed by atoms with Crippen LogP contribution in [0.4, 0.5) is 0 Å². The van der Waals surface area contributed by atoms with Gasteiger partial charge in [0.15, 0.2) is 0 Å². The molecule has 0 aliphatic carbocycles. The summed E-state index contributed by atoms with van der Waals surface area (Å²) >= 11 is 0. The van der Waals surface area contributed by atoms with Crippen molar-refractivity contribution >= 4 is 0 Å². The smallest absolute Gasteiger partial charge is 0.0853 e. The van der Waals surface area contributed by atoms with Crippen LogP contribution in [0.1, 0.15) is 42.5 Å². The Morgan fingerprint density at radius 2 is 1.72 bits per heavy atom. The number of rotatable bonds is 5. The average molecular weight is 246 g/mol. The normalized spacial score (nSPS) is 11.1. The van der Waals surface area contributed by atoms with Crippen LogP contribution in [-0.2, 0) is 13.1 Å². The number of aromatic nitrogens is 4. The van der Waals surface area contributed by atoms with Crippen LogP contribution in [0.3, 0.4) is 0 Å². The molecular weight excluding hydrogens is 224 g/mol. The van der Waals surface area contributed by atoms with E-state index in [1.54, 1.807) is 0 Å². The van der Waals surface area contributed by atoms with Gasteiger partial charge >= 0.3 is 0 Å². The van der Waals surface area contributed by atoms with E-state index in [1.165, 1.54) is 24.2 Å². The van der Waals surface area contributed by atoms with Gasteiger partial charge < -0.3 is 0 Å². The lowest BCUT2D eigenvalue weighted by molar-refractivity contribution is 0.545. The van der Waals surface area contributed by atoms with E-state index in [9.17, 15) is 0 Å². The van der Waals surface area contributed by atoms with E-state index >= 15 is 0 Å². The number of aryl methyl sites for hydroxylation is 4. The summed E-state index contributed by atoms with van der Waals surface area (Å²) in [5.41, 5.74) is 4.58. The Morgan fingerprint density at radius 1 is 1.00 bits per heavy atom. The zero-order chi connectivity index (χ0) is 13.1. The summed E-state index contributed by atoms with van der Waals surface area (Å²) in [7, 11) is 0.